The van der Waals surface area contributed by atoms with Crippen LogP contribution in [0.2, 0.25) is 0 Å². The van der Waals surface area contributed by atoms with Crippen LogP contribution in [0.4, 0.5) is 4.39 Å². The van der Waals surface area contributed by atoms with Gasteiger partial charge < -0.3 is 4.42 Å². The average Bonchev–Trinajstić information content (AvgIpc) is 3.31. The highest BCUT2D eigenvalue weighted by Gasteiger charge is 2.13. The van der Waals surface area contributed by atoms with Crippen molar-refractivity contribution in [3.63, 3.8) is 0 Å². The van der Waals surface area contributed by atoms with Crippen LogP contribution in [0.3, 0.4) is 0 Å². The lowest BCUT2D eigenvalue weighted by Gasteiger charge is -1.99. The van der Waals surface area contributed by atoms with Gasteiger partial charge in [-0.05, 0) is 48.7 Å². The molecule has 24 heavy (non-hydrogen) atoms. The number of hydrogen-bond acceptors (Lipinski definition) is 4. The molecule has 0 atom stereocenters. The third-order valence-corrected chi connectivity index (χ3v) is 4.44. The van der Waals surface area contributed by atoms with Crippen LogP contribution in [0.1, 0.15) is 11.5 Å². The van der Waals surface area contributed by atoms with Gasteiger partial charge in [-0.1, -0.05) is 0 Å². The van der Waals surface area contributed by atoms with Crippen molar-refractivity contribution >= 4 is 11.3 Å². The molecule has 3 aromatic heterocycles. The predicted octanol–water partition coefficient (Wildman–Crippen LogP) is 4.76. The monoisotopic (exact) mass is 339 g/mol. The minimum Gasteiger partial charge on any atom is -0.441 e. The summed E-state index contributed by atoms with van der Waals surface area (Å²) in [5, 5.41) is 8.54. The lowest BCUT2D eigenvalue weighted by molar-refractivity contribution is 0.536. The predicted molar refractivity (Wildman–Crippen MR) is 91.3 cm³/mol. The fourth-order valence-electron chi connectivity index (χ4n) is 2.46. The Morgan fingerprint density at radius 2 is 1.96 bits per heavy atom. The SMILES string of the molecule is Cc1oc(-c2ccsc2)nc1Cn1ccc(-c2ccc(F)cc2)n1. The zero-order valence-corrected chi connectivity index (χ0v) is 13.8. The zero-order chi connectivity index (χ0) is 16.5. The average molecular weight is 339 g/mol. The number of halogens is 1. The second kappa shape index (κ2) is 6.05. The molecule has 0 N–H and O–H groups in total. The molecule has 0 aliphatic heterocycles. The second-order valence-electron chi connectivity index (χ2n) is 5.44. The van der Waals surface area contributed by atoms with E-state index in [1.165, 1.54) is 12.1 Å². The maximum Gasteiger partial charge on any atom is 0.227 e. The highest BCUT2D eigenvalue weighted by atomic mass is 32.1. The van der Waals surface area contributed by atoms with Crippen LogP contribution in [0.15, 0.2) is 57.8 Å². The minimum atomic E-state index is -0.252. The number of benzene rings is 1. The van der Waals surface area contributed by atoms with Crippen LogP contribution in [-0.2, 0) is 6.54 Å². The van der Waals surface area contributed by atoms with E-state index in [0.29, 0.717) is 12.4 Å². The van der Waals surface area contributed by atoms with Crippen LogP contribution in [-0.4, -0.2) is 14.8 Å². The van der Waals surface area contributed by atoms with E-state index in [1.54, 1.807) is 28.2 Å². The minimum absolute atomic E-state index is 0.252. The van der Waals surface area contributed by atoms with Gasteiger partial charge in [-0.15, -0.1) is 0 Å². The van der Waals surface area contributed by atoms with Crippen molar-refractivity contribution < 1.29 is 8.81 Å². The van der Waals surface area contributed by atoms with Gasteiger partial charge in [0.05, 0.1) is 12.2 Å². The second-order valence-corrected chi connectivity index (χ2v) is 6.22. The number of thiophene rings is 1. The van der Waals surface area contributed by atoms with Crippen molar-refractivity contribution in [3.8, 4) is 22.7 Å². The number of hydrogen-bond donors (Lipinski definition) is 0. The number of rotatable bonds is 4. The first-order chi connectivity index (χ1) is 11.7. The van der Waals surface area contributed by atoms with E-state index < -0.39 is 0 Å². The van der Waals surface area contributed by atoms with E-state index in [1.807, 2.05) is 36.0 Å². The number of nitrogens with zero attached hydrogens (tertiary/aromatic N) is 3. The molecule has 4 rings (SSSR count). The molecular formula is C18H14FN3OS. The van der Waals surface area contributed by atoms with E-state index in [9.17, 15) is 4.39 Å². The molecule has 4 aromatic rings. The van der Waals surface area contributed by atoms with Gasteiger partial charge in [0.2, 0.25) is 5.89 Å². The Morgan fingerprint density at radius 3 is 2.71 bits per heavy atom. The molecule has 3 heterocycles. The van der Waals surface area contributed by atoms with Gasteiger partial charge in [0.1, 0.15) is 17.3 Å². The van der Waals surface area contributed by atoms with Gasteiger partial charge in [0, 0.05) is 22.7 Å². The summed E-state index contributed by atoms with van der Waals surface area (Å²) in [6, 6.07) is 10.2. The molecule has 0 unspecified atom stereocenters. The van der Waals surface area contributed by atoms with E-state index in [2.05, 4.69) is 10.1 Å². The quantitative estimate of drug-likeness (QED) is 0.538. The van der Waals surface area contributed by atoms with Crippen LogP contribution in [0.5, 0.6) is 0 Å². The molecule has 0 radical (unpaired) electrons. The first-order valence-corrected chi connectivity index (χ1v) is 8.41. The molecular weight excluding hydrogens is 325 g/mol. The molecule has 120 valence electrons. The van der Waals surface area contributed by atoms with E-state index in [0.717, 1.165) is 28.3 Å². The number of aromatic nitrogens is 3. The summed E-state index contributed by atoms with van der Waals surface area (Å²) in [5.74, 6) is 1.17. The Bertz CT molecular complexity index is 955. The van der Waals surface area contributed by atoms with Gasteiger partial charge in [0.25, 0.3) is 0 Å². The summed E-state index contributed by atoms with van der Waals surface area (Å²) in [4.78, 5) is 4.57. The van der Waals surface area contributed by atoms with Crippen molar-refractivity contribution in [3.05, 3.63) is 70.6 Å². The zero-order valence-electron chi connectivity index (χ0n) is 12.9. The molecule has 4 nitrogen and oxygen atoms in total. The third-order valence-electron chi connectivity index (χ3n) is 3.75. The number of aryl methyl sites for hydroxylation is 1. The van der Waals surface area contributed by atoms with E-state index in [4.69, 9.17) is 4.42 Å². The highest BCUT2D eigenvalue weighted by molar-refractivity contribution is 7.08. The maximum absolute atomic E-state index is 13.0. The number of oxazole rings is 1. The fourth-order valence-corrected chi connectivity index (χ4v) is 3.09. The van der Waals surface area contributed by atoms with Gasteiger partial charge >= 0.3 is 0 Å². The smallest absolute Gasteiger partial charge is 0.227 e. The molecule has 0 fully saturated rings. The summed E-state index contributed by atoms with van der Waals surface area (Å²) >= 11 is 1.61. The first-order valence-electron chi connectivity index (χ1n) is 7.47. The first kappa shape index (κ1) is 14.8. The fraction of sp³-hybridized carbons (Fsp3) is 0.111. The van der Waals surface area contributed by atoms with Crippen LogP contribution < -0.4 is 0 Å². The molecule has 0 saturated heterocycles. The molecule has 0 bridgehead atoms. The topological polar surface area (TPSA) is 43.9 Å². The summed E-state index contributed by atoms with van der Waals surface area (Å²) in [5.41, 5.74) is 3.52. The molecule has 0 spiro atoms. The summed E-state index contributed by atoms with van der Waals surface area (Å²) in [6.07, 6.45) is 1.89. The largest absolute Gasteiger partial charge is 0.441 e. The van der Waals surface area contributed by atoms with Crippen molar-refractivity contribution in [2.75, 3.05) is 0 Å². The van der Waals surface area contributed by atoms with Crippen molar-refractivity contribution in [2.45, 2.75) is 13.5 Å². The Hall–Kier alpha value is -2.73. The summed E-state index contributed by atoms with van der Waals surface area (Å²) in [7, 11) is 0. The van der Waals surface area contributed by atoms with Gasteiger partial charge in [-0.2, -0.15) is 16.4 Å². The van der Waals surface area contributed by atoms with Crippen LogP contribution >= 0.6 is 11.3 Å². The third kappa shape index (κ3) is 2.88. The standard InChI is InChI=1S/C18H14FN3OS/c1-12-17(20-18(23-12)14-7-9-24-11-14)10-22-8-6-16(21-22)13-2-4-15(19)5-3-13/h2-9,11H,10H2,1H3. The molecule has 6 heteroatoms. The lowest BCUT2D eigenvalue weighted by atomic mass is 10.1. The summed E-state index contributed by atoms with van der Waals surface area (Å²) in [6.45, 7) is 2.43. The Kier molecular flexibility index (Phi) is 3.74. The molecule has 1 aromatic carbocycles. The molecule has 0 saturated carbocycles. The Balaban J connectivity index is 1.57. The lowest BCUT2D eigenvalue weighted by Crippen LogP contribution is -2.02. The van der Waals surface area contributed by atoms with Gasteiger partial charge in [-0.3, -0.25) is 4.68 Å². The maximum atomic E-state index is 13.0. The highest BCUT2D eigenvalue weighted by Crippen LogP contribution is 2.24. The normalized spacial score (nSPS) is 11.1. The Labute approximate surface area is 142 Å². The van der Waals surface area contributed by atoms with E-state index in [-0.39, 0.29) is 5.82 Å². The van der Waals surface area contributed by atoms with Crippen molar-refractivity contribution in [1.82, 2.24) is 14.8 Å². The van der Waals surface area contributed by atoms with Crippen molar-refractivity contribution in [1.29, 1.82) is 0 Å². The molecule has 0 aliphatic rings. The Morgan fingerprint density at radius 1 is 1.12 bits per heavy atom. The molecule has 0 amide bonds. The van der Waals surface area contributed by atoms with Gasteiger partial charge in [0.15, 0.2) is 0 Å². The van der Waals surface area contributed by atoms with Gasteiger partial charge in [-0.25, -0.2) is 9.37 Å². The van der Waals surface area contributed by atoms with E-state index >= 15 is 0 Å². The van der Waals surface area contributed by atoms with Crippen molar-refractivity contribution in [2.24, 2.45) is 0 Å². The molecule has 0 aliphatic carbocycles. The summed E-state index contributed by atoms with van der Waals surface area (Å²) < 4.78 is 20.6. The van der Waals surface area contributed by atoms with Crippen LogP contribution in [0.25, 0.3) is 22.7 Å². The van der Waals surface area contributed by atoms with Crippen LogP contribution in [0, 0.1) is 12.7 Å².